The van der Waals surface area contributed by atoms with Crippen molar-refractivity contribution in [3.63, 3.8) is 0 Å². The molecule has 2 aliphatic rings. The van der Waals surface area contributed by atoms with Crippen LogP contribution in [0.5, 0.6) is 5.75 Å². The first-order valence-corrected chi connectivity index (χ1v) is 11.0. The van der Waals surface area contributed by atoms with Gasteiger partial charge in [0.15, 0.2) is 0 Å². The number of anilines is 1. The third kappa shape index (κ3) is 3.48. The fraction of sp³-hybridized carbons (Fsp3) is 0.391. The Morgan fingerprint density at radius 1 is 1.00 bits per heavy atom. The van der Waals surface area contributed by atoms with Crippen molar-refractivity contribution in [1.82, 2.24) is 9.97 Å². The van der Waals surface area contributed by atoms with Crippen molar-refractivity contribution >= 4 is 32.7 Å². The van der Waals surface area contributed by atoms with E-state index in [1.165, 1.54) is 5.56 Å². The van der Waals surface area contributed by atoms with Gasteiger partial charge < -0.3 is 9.64 Å². The predicted molar refractivity (Wildman–Crippen MR) is 116 cm³/mol. The van der Waals surface area contributed by atoms with Crippen molar-refractivity contribution in [2.45, 2.75) is 37.5 Å². The number of piperidine rings is 1. The molecule has 2 fully saturated rings. The second kappa shape index (κ2) is 7.56. The van der Waals surface area contributed by atoms with Crippen LogP contribution in [0, 0.1) is 5.82 Å². The molecule has 1 aliphatic heterocycles. The molecule has 0 atom stereocenters. The van der Waals surface area contributed by atoms with Crippen LogP contribution in [0.25, 0.3) is 10.9 Å². The minimum Gasteiger partial charge on any atom is -0.496 e. The Balaban J connectivity index is 1.48. The molecule has 29 heavy (non-hydrogen) atoms. The van der Waals surface area contributed by atoms with Gasteiger partial charge in [-0.3, -0.25) is 0 Å². The molecule has 2 aromatic carbocycles. The lowest BCUT2D eigenvalue weighted by Gasteiger charge is -2.34. The van der Waals surface area contributed by atoms with E-state index in [4.69, 9.17) is 9.72 Å². The molecule has 4 nitrogen and oxygen atoms in total. The van der Waals surface area contributed by atoms with E-state index in [0.29, 0.717) is 27.2 Å². The van der Waals surface area contributed by atoms with Crippen LogP contribution >= 0.6 is 15.9 Å². The molecule has 0 N–H and O–H groups in total. The molecule has 0 bridgehead atoms. The summed E-state index contributed by atoms with van der Waals surface area (Å²) in [6, 6.07) is 11.9. The monoisotopic (exact) mass is 455 g/mol. The molecule has 150 valence electrons. The first-order valence-electron chi connectivity index (χ1n) is 10.2. The maximum Gasteiger partial charge on any atom is 0.150 e. The maximum atomic E-state index is 15.0. The lowest BCUT2D eigenvalue weighted by atomic mass is 9.88. The van der Waals surface area contributed by atoms with Crippen LogP contribution in [-0.4, -0.2) is 30.2 Å². The number of hydrogen-bond donors (Lipinski definition) is 0. The molecular weight excluding hydrogens is 433 g/mol. The smallest absolute Gasteiger partial charge is 0.150 e. The predicted octanol–water partition coefficient (Wildman–Crippen LogP) is 5.80. The lowest BCUT2D eigenvalue weighted by Crippen LogP contribution is -2.34. The molecule has 1 saturated heterocycles. The fourth-order valence-electron chi connectivity index (χ4n) is 4.32. The van der Waals surface area contributed by atoms with Crippen molar-refractivity contribution < 1.29 is 9.13 Å². The number of methoxy groups -OCH3 is 1. The van der Waals surface area contributed by atoms with Gasteiger partial charge in [-0.1, -0.05) is 18.2 Å². The number of ether oxygens (including phenoxy) is 1. The molecule has 0 amide bonds. The van der Waals surface area contributed by atoms with Gasteiger partial charge in [-0.05, 0) is 71.3 Å². The molecule has 6 heteroatoms. The normalized spacial score (nSPS) is 17.7. The highest BCUT2D eigenvalue weighted by Crippen LogP contribution is 2.42. The number of halogens is 2. The van der Waals surface area contributed by atoms with Crippen LogP contribution in [-0.2, 0) is 0 Å². The summed E-state index contributed by atoms with van der Waals surface area (Å²) in [6.07, 6.45) is 4.22. The van der Waals surface area contributed by atoms with Gasteiger partial charge in [-0.2, -0.15) is 0 Å². The number of nitrogens with zero attached hydrogens (tertiary/aromatic N) is 3. The second-order valence-electron chi connectivity index (χ2n) is 7.94. The second-order valence-corrected chi connectivity index (χ2v) is 8.79. The van der Waals surface area contributed by atoms with Gasteiger partial charge in [-0.25, -0.2) is 14.4 Å². The third-order valence-electron chi connectivity index (χ3n) is 6.07. The van der Waals surface area contributed by atoms with Crippen LogP contribution in [0.15, 0.2) is 40.9 Å². The average molecular weight is 456 g/mol. The Kier molecular flexibility index (Phi) is 4.90. The zero-order valence-electron chi connectivity index (χ0n) is 16.4. The largest absolute Gasteiger partial charge is 0.496 e. The summed E-state index contributed by atoms with van der Waals surface area (Å²) < 4.78 is 21.0. The van der Waals surface area contributed by atoms with Gasteiger partial charge >= 0.3 is 0 Å². The third-order valence-corrected chi connectivity index (χ3v) is 6.68. The number of fused-ring (bicyclic) bond motifs is 1. The molecule has 2 heterocycles. The topological polar surface area (TPSA) is 38.2 Å². The van der Waals surface area contributed by atoms with E-state index in [2.05, 4.69) is 37.9 Å². The minimum atomic E-state index is -0.272. The summed E-state index contributed by atoms with van der Waals surface area (Å²) in [5.41, 5.74) is 1.96. The highest BCUT2D eigenvalue weighted by atomic mass is 79.9. The summed E-state index contributed by atoms with van der Waals surface area (Å²) in [5.74, 6) is 3.15. The van der Waals surface area contributed by atoms with E-state index in [1.54, 1.807) is 13.2 Å². The highest BCUT2D eigenvalue weighted by molar-refractivity contribution is 9.10. The number of aromatic nitrogens is 2. The van der Waals surface area contributed by atoms with E-state index < -0.39 is 0 Å². The molecule has 1 aromatic heterocycles. The van der Waals surface area contributed by atoms with Crippen LogP contribution in [0.4, 0.5) is 10.2 Å². The van der Waals surface area contributed by atoms with Gasteiger partial charge in [0.25, 0.3) is 0 Å². The molecule has 1 aliphatic carbocycles. The zero-order valence-corrected chi connectivity index (χ0v) is 18.0. The number of hydrogen-bond acceptors (Lipinski definition) is 4. The van der Waals surface area contributed by atoms with Crippen molar-refractivity contribution in [1.29, 1.82) is 0 Å². The van der Waals surface area contributed by atoms with Crippen molar-refractivity contribution in [3.8, 4) is 5.75 Å². The quantitative estimate of drug-likeness (QED) is 0.497. The van der Waals surface area contributed by atoms with E-state index in [-0.39, 0.29) is 5.82 Å². The zero-order chi connectivity index (χ0) is 20.0. The highest BCUT2D eigenvalue weighted by Gasteiger charge is 2.31. The molecule has 3 aromatic rings. The Morgan fingerprint density at radius 3 is 2.48 bits per heavy atom. The number of benzene rings is 2. The van der Waals surface area contributed by atoms with Gasteiger partial charge in [0, 0.05) is 19.0 Å². The fourth-order valence-corrected chi connectivity index (χ4v) is 4.65. The molecule has 1 saturated carbocycles. The molecule has 0 unspecified atom stereocenters. The summed E-state index contributed by atoms with van der Waals surface area (Å²) in [5, 5.41) is 0.527. The van der Waals surface area contributed by atoms with Gasteiger partial charge in [0.1, 0.15) is 23.2 Å². The molecule has 0 radical (unpaired) electrons. The summed E-state index contributed by atoms with van der Waals surface area (Å²) in [4.78, 5) is 11.7. The van der Waals surface area contributed by atoms with Crippen LogP contribution < -0.4 is 9.64 Å². The van der Waals surface area contributed by atoms with E-state index in [9.17, 15) is 0 Å². The average Bonchev–Trinajstić information content (AvgIpc) is 3.61. The van der Waals surface area contributed by atoms with E-state index in [0.717, 1.165) is 56.2 Å². The summed E-state index contributed by atoms with van der Waals surface area (Å²) >= 11 is 3.33. The summed E-state index contributed by atoms with van der Waals surface area (Å²) in [7, 11) is 1.72. The number of para-hydroxylation sites is 1. The van der Waals surface area contributed by atoms with Crippen molar-refractivity contribution in [2.24, 2.45) is 0 Å². The minimum absolute atomic E-state index is 0.272. The molecule has 0 spiro atoms. The maximum absolute atomic E-state index is 15.0. The standard InChI is InChI=1S/C23H23BrFN3O/c1-29-19-5-3-2-4-16(19)14-10-12-28(13-11-14)23-20-18(9-8-17(24)21(20)25)26-22(27-23)15-6-7-15/h2-5,8-9,14-15H,6-7,10-13H2,1H3. The van der Waals surface area contributed by atoms with Crippen LogP contribution in [0.1, 0.15) is 48.9 Å². The Bertz CT molecular complexity index is 1060. The summed E-state index contributed by atoms with van der Waals surface area (Å²) in [6.45, 7) is 1.68. The van der Waals surface area contributed by atoms with Crippen LogP contribution in [0.2, 0.25) is 0 Å². The van der Waals surface area contributed by atoms with E-state index >= 15 is 4.39 Å². The molecular formula is C23H23BrFN3O. The Labute approximate surface area is 178 Å². The Morgan fingerprint density at radius 2 is 1.76 bits per heavy atom. The van der Waals surface area contributed by atoms with E-state index in [1.807, 2.05) is 18.2 Å². The number of rotatable bonds is 4. The first-order chi connectivity index (χ1) is 14.2. The molecule has 5 rings (SSSR count). The van der Waals surface area contributed by atoms with Gasteiger partial charge in [-0.15, -0.1) is 0 Å². The van der Waals surface area contributed by atoms with Gasteiger partial charge in [0.2, 0.25) is 0 Å². The first kappa shape index (κ1) is 18.8. The van der Waals surface area contributed by atoms with Crippen LogP contribution in [0.3, 0.4) is 0 Å². The SMILES string of the molecule is COc1ccccc1C1CCN(c2nc(C3CC3)nc3ccc(Br)c(F)c23)CC1. The lowest BCUT2D eigenvalue weighted by molar-refractivity contribution is 0.397. The van der Waals surface area contributed by atoms with Gasteiger partial charge in [0.05, 0.1) is 22.5 Å². The Hall–Kier alpha value is -2.21. The van der Waals surface area contributed by atoms with Crippen molar-refractivity contribution in [2.75, 3.05) is 25.1 Å². The van der Waals surface area contributed by atoms with Crippen molar-refractivity contribution in [3.05, 3.63) is 58.1 Å².